The molecule has 0 aliphatic carbocycles. The number of benzene rings is 2. The van der Waals surface area contributed by atoms with Crippen molar-refractivity contribution >= 4 is 75.6 Å². The number of amides is 2. The molecule has 0 unspecified atom stereocenters. The summed E-state index contributed by atoms with van der Waals surface area (Å²) in [5.74, 6) is -2.25. The monoisotopic (exact) mass is 474 g/mol. The van der Waals surface area contributed by atoms with Crippen LogP contribution in [0.4, 0.5) is 11.4 Å². The van der Waals surface area contributed by atoms with E-state index in [9.17, 15) is 14.4 Å². The lowest BCUT2D eigenvalue weighted by Gasteiger charge is -2.18. The van der Waals surface area contributed by atoms with Crippen molar-refractivity contribution < 1.29 is 19.1 Å². The summed E-state index contributed by atoms with van der Waals surface area (Å²) in [7, 11) is 0. The molecule has 1 aliphatic heterocycles. The molecule has 6 nitrogen and oxygen atoms in total. The third-order valence-electron chi connectivity index (χ3n) is 4.23. The Bertz CT molecular complexity index is 983. The number of carbonyl (C=O) groups excluding carboxylic acids is 3. The molecule has 2 aromatic carbocycles. The first-order chi connectivity index (χ1) is 13.8. The molecule has 2 amide bonds. The largest absolute Gasteiger partial charge is 0.455 e. The summed E-state index contributed by atoms with van der Waals surface area (Å²) >= 11 is 24.0. The molecular formula is C19H14Cl4N2O4. The van der Waals surface area contributed by atoms with E-state index in [2.05, 4.69) is 5.32 Å². The number of esters is 1. The Morgan fingerprint density at radius 3 is 2.62 bits per heavy atom. The minimum atomic E-state index is -0.722. The van der Waals surface area contributed by atoms with Crippen LogP contribution in [0.5, 0.6) is 0 Å². The molecule has 1 N–H and O–H groups in total. The van der Waals surface area contributed by atoms with Crippen LogP contribution in [-0.2, 0) is 19.1 Å². The first-order valence-electron chi connectivity index (χ1n) is 8.42. The van der Waals surface area contributed by atoms with Crippen molar-refractivity contribution in [1.82, 2.24) is 0 Å². The maximum absolute atomic E-state index is 12.3. The minimum absolute atomic E-state index is 0.0522. The lowest BCUT2D eigenvalue weighted by Crippen LogP contribution is -2.28. The lowest BCUT2D eigenvalue weighted by atomic mass is 10.1. The first-order valence-corrected chi connectivity index (χ1v) is 9.93. The van der Waals surface area contributed by atoms with Crippen molar-refractivity contribution in [3.63, 3.8) is 0 Å². The van der Waals surface area contributed by atoms with Crippen LogP contribution in [0.15, 0.2) is 36.4 Å². The van der Waals surface area contributed by atoms with E-state index in [-0.39, 0.29) is 23.9 Å². The van der Waals surface area contributed by atoms with E-state index in [4.69, 9.17) is 51.1 Å². The molecule has 0 radical (unpaired) electrons. The SMILES string of the molecule is O=C(COC(=O)[C@H]1CC(=O)N(c2cccc(Cl)c2Cl)C1)Nc1cc(Cl)ccc1Cl. The number of carbonyl (C=O) groups is 3. The van der Waals surface area contributed by atoms with Crippen LogP contribution in [0.1, 0.15) is 6.42 Å². The summed E-state index contributed by atoms with van der Waals surface area (Å²) in [6.07, 6.45) is -0.0522. The Morgan fingerprint density at radius 2 is 1.86 bits per heavy atom. The first kappa shape index (κ1) is 21.7. The Labute approximate surface area is 186 Å². The van der Waals surface area contributed by atoms with Crippen LogP contribution in [0.3, 0.4) is 0 Å². The van der Waals surface area contributed by atoms with E-state index in [0.717, 1.165) is 0 Å². The number of rotatable bonds is 5. The molecule has 1 aliphatic rings. The zero-order valence-corrected chi connectivity index (χ0v) is 17.8. The van der Waals surface area contributed by atoms with Crippen LogP contribution in [0.25, 0.3) is 0 Å². The Morgan fingerprint density at radius 1 is 1.10 bits per heavy atom. The second-order valence-electron chi connectivity index (χ2n) is 6.26. The maximum atomic E-state index is 12.3. The highest BCUT2D eigenvalue weighted by molar-refractivity contribution is 6.44. The van der Waals surface area contributed by atoms with Gasteiger partial charge in [-0.15, -0.1) is 0 Å². The van der Waals surface area contributed by atoms with Gasteiger partial charge in [0.05, 0.1) is 32.4 Å². The highest BCUT2D eigenvalue weighted by Crippen LogP contribution is 2.36. The molecule has 10 heteroatoms. The number of hydrogen-bond donors (Lipinski definition) is 1. The summed E-state index contributed by atoms with van der Waals surface area (Å²) in [6.45, 7) is -0.441. The number of nitrogens with zero attached hydrogens (tertiary/aromatic N) is 1. The topological polar surface area (TPSA) is 75.7 Å². The maximum Gasteiger partial charge on any atom is 0.311 e. The summed E-state index contributed by atoms with van der Waals surface area (Å²) in [5, 5.41) is 3.74. The molecule has 1 saturated heterocycles. The van der Waals surface area contributed by atoms with Gasteiger partial charge in [0, 0.05) is 18.0 Å². The van der Waals surface area contributed by atoms with Crippen molar-refractivity contribution in [2.24, 2.45) is 5.92 Å². The third kappa shape index (κ3) is 5.14. The standard InChI is InChI=1S/C19H14Cl4N2O4/c20-11-4-5-12(21)14(7-11)24-16(26)9-29-19(28)10-6-17(27)25(8-10)15-3-1-2-13(22)18(15)23/h1-5,7,10H,6,8-9H2,(H,24,26)/t10-/m0/s1. The molecule has 0 spiro atoms. The lowest BCUT2D eigenvalue weighted by molar-refractivity contribution is -0.151. The van der Waals surface area contributed by atoms with Crippen molar-refractivity contribution in [3.8, 4) is 0 Å². The minimum Gasteiger partial charge on any atom is -0.455 e. The highest BCUT2D eigenvalue weighted by Gasteiger charge is 2.37. The second-order valence-corrected chi connectivity index (χ2v) is 7.89. The second kappa shape index (κ2) is 9.22. The Balaban J connectivity index is 1.57. The predicted molar refractivity (Wildman–Crippen MR) is 113 cm³/mol. The fourth-order valence-corrected chi connectivity index (χ4v) is 3.57. The molecule has 0 bridgehead atoms. The van der Waals surface area contributed by atoms with Crippen molar-refractivity contribution in [2.45, 2.75) is 6.42 Å². The van der Waals surface area contributed by atoms with E-state index < -0.39 is 24.4 Å². The van der Waals surface area contributed by atoms with Crippen LogP contribution in [0, 0.1) is 5.92 Å². The van der Waals surface area contributed by atoms with Crippen LogP contribution in [-0.4, -0.2) is 30.9 Å². The number of ether oxygens (including phenoxy) is 1. The normalized spacial score (nSPS) is 16.1. The number of halogens is 4. The van der Waals surface area contributed by atoms with Crippen LogP contribution < -0.4 is 10.2 Å². The fraction of sp³-hybridized carbons (Fsp3) is 0.211. The molecule has 2 aromatic rings. The molecule has 0 aromatic heterocycles. The molecule has 29 heavy (non-hydrogen) atoms. The van der Waals surface area contributed by atoms with Gasteiger partial charge >= 0.3 is 5.97 Å². The van der Waals surface area contributed by atoms with E-state index >= 15 is 0 Å². The van der Waals surface area contributed by atoms with Crippen molar-refractivity contribution in [3.05, 3.63) is 56.5 Å². The van der Waals surface area contributed by atoms with Gasteiger partial charge in [-0.05, 0) is 30.3 Å². The van der Waals surface area contributed by atoms with Gasteiger partial charge in [-0.3, -0.25) is 14.4 Å². The molecule has 152 valence electrons. The average molecular weight is 476 g/mol. The Hall–Kier alpha value is -1.99. The summed E-state index contributed by atoms with van der Waals surface area (Å²) in [5.41, 5.74) is 0.728. The molecule has 0 saturated carbocycles. The van der Waals surface area contributed by atoms with Gasteiger partial charge in [-0.25, -0.2) is 0 Å². The zero-order valence-electron chi connectivity index (χ0n) is 14.8. The van der Waals surface area contributed by atoms with Crippen molar-refractivity contribution in [1.29, 1.82) is 0 Å². The van der Waals surface area contributed by atoms with Gasteiger partial charge in [0.25, 0.3) is 5.91 Å². The fourth-order valence-electron chi connectivity index (χ4n) is 2.83. The van der Waals surface area contributed by atoms with Gasteiger partial charge in [0.2, 0.25) is 5.91 Å². The number of hydrogen-bond acceptors (Lipinski definition) is 4. The molecule has 1 atom stereocenters. The Kier molecular flexibility index (Phi) is 6.90. The summed E-state index contributed by atoms with van der Waals surface area (Å²) in [4.78, 5) is 38.0. The van der Waals surface area contributed by atoms with Gasteiger partial charge in [-0.1, -0.05) is 52.5 Å². The molecule has 1 heterocycles. The molecular weight excluding hydrogens is 462 g/mol. The number of nitrogens with one attached hydrogen (secondary N) is 1. The zero-order chi connectivity index (χ0) is 21.1. The van der Waals surface area contributed by atoms with Gasteiger partial charge < -0.3 is 15.0 Å². The third-order valence-corrected chi connectivity index (χ3v) is 5.60. The van der Waals surface area contributed by atoms with Gasteiger partial charge in [0.1, 0.15) is 0 Å². The summed E-state index contributed by atoms with van der Waals surface area (Å²) < 4.78 is 5.05. The molecule has 1 fully saturated rings. The smallest absolute Gasteiger partial charge is 0.311 e. The van der Waals surface area contributed by atoms with Gasteiger partial charge in [-0.2, -0.15) is 0 Å². The van der Waals surface area contributed by atoms with E-state index in [0.29, 0.717) is 26.4 Å². The van der Waals surface area contributed by atoms with E-state index in [1.807, 2.05) is 0 Å². The molecule has 3 rings (SSSR count). The van der Waals surface area contributed by atoms with Crippen LogP contribution >= 0.6 is 46.4 Å². The number of anilines is 2. The summed E-state index contributed by atoms with van der Waals surface area (Å²) in [6, 6.07) is 9.49. The highest BCUT2D eigenvalue weighted by atomic mass is 35.5. The van der Waals surface area contributed by atoms with E-state index in [1.54, 1.807) is 24.3 Å². The van der Waals surface area contributed by atoms with Gasteiger partial charge in [0.15, 0.2) is 6.61 Å². The van der Waals surface area contributed by atoms with Crippen molar-refractivity contribution in [2.75, 3.05) is 23.4 Å². The van der Waals surface area contributed by atoms with E-state index in [1.165, 1.54) is 17.0 Å². The predicted octanol–water partition coefficient (Wildman–Crippen LogP) is 4.84. The van der Waals surface area contributed by atoms with Crippen LogP contribution in [0.2, 0.25) is 20.1 Å². The quantitative estimate of drug-likeness (QED) is 0.628. The average Bonchev–Trinajstić information content (AvgIpc) is 3.06.